The van der Waals surface area contributed by atoms with Crippen LogP contribution in [0.5, 0.6) is 11.5 Å². The second kappa shape index (κ2) is 10.2. The van der Waals surface area contributed by atoms with Crippen LogP contribution in [0.15, 0.2) is 18.2 Å². The Kier molecular flexibility index (Phi) is 8.59. The summed E-state index contributed by atoms with van der Waals surface area (Å²) in [6, 6.07) is 4.45. The first-order valence-corrected chi connectivity index (χ1v) is 8.80. The van der Waals surface area contributed by atoms with Crippen molar-refractivity contribution >= 4 is 11.9 Å². The number of rotatable bonds is 10. The molecule has 1 aromatic rings. The number of esters is 1. The first kappa shape index (κ1) is 23.6. The zero-order valence-corrected chi connectivity index (χ0v) is 16.4. The van der Waals surface area contributed by atoms with Gasteiger partial charge in [0.15, 0.2) is 18.1 Å². The Labute approximate surface area is 162 Å². The predicted octanol–water partition coefficient (Wildman–Crippen LogP) is 3.42. The number of hydrogen-bond donors (Lipinski definition) is 1. The fraction of sp³-hybridized carbons (Fsp3) is 0.579. The highest BCUT2D eigenvalue weighted by atomic mass is 19.4. The van der Waals surface area contributed by atoms with E-state index in [0.29, 0.717) is 24.8 Å². The fourth-order valence-electron chi connectivity index (χ4n) is 2.72. The number of halogens is 3. The molecule has 0 aromatic heterocycles. The molecule has 1 rings (SSSR count). The predicted molar refractivity (Wildman–Crippen MR) is 96.3 cm³/mol. The van der Waals surface area contributed by atoms with E-state index in [0.717, 1.165) is 0 Å². The SMILES string of the molecule is CCCC(C)(NC(=O)CCc1ccc(OCC(F)(F)F)c(OC)c1)C(=O)OC. The maximum absolute atomic E-state index is 12.3. The lowest BCUT2D eigenvalue weighted by atomic mass is 9.95. The van der Waals surface area contributed by atoms with Crippen molar-refractivity contribution in [1.29, 1.82) is 0 Å². The van der Waals surface area contributed by atoms with Crippen molar-refractivity contribution < 1.29 is 37.0 Å². The van der Waals surface area contributed by atoms with E-state index in [2.05, 4.69) is 5.32 Å². The molecule has 0 spiro atoms. The van der Waals surface area contributed by atoms with E-state index in [4.69, 9.17) is 14.2 Å². The molecule has 1 aromatic carbocycles. The lowest BCUT2D eigenvalue weighted by Crippen LogP contribution is -2.52. The number of nitrogens with one attached hydrogen (secondary N) is 1. The molecule has 0 aliphatic heterocycles. The highest BCUT2D eigenvalue weighted by Crippen LogP contribution is 2.30. The highest BCUT2D eigenvalue weighted by Gasteiger charge is 2.34. The number of carbonyl (C=O) groups is 2. The third-order valence-corrected chi connectivity index (χ3v) is 4.06. The summed E-state index contributed by atoms with van der Waals surface area (Å²) >= 11 is 0. The Morgan fingerprint density at radius 1 is 1.14 bits per heavy atom. The van der Waals surface area contributed by atoms with Gasteiger partial charge >= 0.3 is 12.1 Å². The van der Waals surface area contributed by atoms with Crippen LogP contribution in [-0.2, 0) is 20.7 Å². The normalized spacial score (nSPS) is 13.4. The molecule has 0 radical (unpaired) electrons. The lowest BCUT2D eigenvalue weighted by Gasteiger charge is -2.27. The van der Waals surface area contributed by atoms with Crippen LogP contribution in [0.1, 0.15) is 38.7 Å². The van der Waals surface area contributed by atoms with E-state index in [-0.39, 0.29) is 23.8 Å². The van der Waals surface area contributed by atoms with Gasteiger partial charge in [0, 0.05) is 6.42 Å². The van der Waals surface area contributed by atoms with E-state index >= 15 is 0 Å². The minimum atomic E-state index is -4.45. The molecule has 1 atom stereocenters. The molecular weight excluding hydrogens is 379 g/mol. The van der Waals surface area contributed by atoms with Crippen molar-refractivity contribution in [1.82, 2.24) is 5.32 Å². The lowest BCUT2D eigenvalue weighted by molar-refractivity contribution is -0.153. The molecule has 9 heteroatoms. The molecule has 1 amide bonds. The minimum Gasteiger partial charge on any atom is -0.493 e. The summed E-state index contributed by atoms with van der Waals surface area (Å²) in [7, 11) is 2.58. The van der Waals surface area contributed by atoms with Crippen LogP contribution >= 0.6 is 0 Å². The Morgan fingerprint density at radius 3 is 2.36 bits per heavy atom. The zero-order chi connectivity index (χ0) is 21.4. The topological polar surface area (TPSA) is 73.9 Å². The molecule has 1 unspecified atom stereocenters. The van der Waals surface area contributed by atoms with Gasteiger partial charge in [-0.2, -0.15) is 13.2 Å². The number of alkyl halides is 3. The summed E-state index contributed by atoms with van der Waals surface area (Å²) < 4.78 is 51.4. The summed E-state index contributed by atoms with van der Waals surface area (Å²) in [4.78, 5) is 24.2. The number of methoxy groups -OCH3 is 2. The van der Waals surface area contributed by atoms with Crippen molar-refractivity contribution in [3.63, 3.8) is 0 Å². The molecule has 0 fully saturated rings. The van der Waals surface area contributed by atoms with Gasteiger partial charge in [-0.25, -0.2) is 4.79 Å². The van der Waals surface area contributed by atoms with Crippen LogP contribution in [0.25, 0.3) is 0 Å². The van der Waals surface area contributed by atoms with Crippen LogP contribution in [0.2, 0.25) is 0 Å². The van der Waals surface area contributed by atoms with Gasteiger partial charge in [-0.1, -0.05) is 19.4 Å². The number of hydrogen-bond acceptors (Lipinski definition) is 5. The average Bonchev–Trinajstić information content (AvgIpc) is 2.63. The third-order valence-electron chi connectivity index (χ3n) is 4.06. The molecule has 0 saturated carbocycles. The maximum atomic E-state index is 12.3. The summed E-state index contributed by atoms with van der Waals surface area (Å²) in [5, 5.41) is 2.70. The van der Waals surface area contributed by atoms with E-state index in [1.165, 1.54) is 26.4 Å². The van der Waals surface area contributed by atoms with Crippen LogP contribution in [-0.4, -0.2) is 44.4 Å². The van der Waals surface area contributed by atoms with E-state index < -0.39 is 24.3 Å². The summed E-state index contributed by atoms with van der Waals surface area (Å²) in [6.07, 6.45) is -2.94. The molecule has 0 saturated heterocycles. The van der Waals surface area contributed by atoms with Crippen LogP contribution < -0.4 is 14.8 Å². The number of aryl methyl sites for hydroxylation is 1. The Balaban J connectivity index is 2.73. The van der Waals surface area contributed by atoms with E-state index in [9.17, 15) is 22.8 Å². The van der Waals surface area contributed by atoms with E-state index in [1.54, 1.807) is 13.0 Å². The molecule has 1 N–H and O–H groups in total. The van der Waals surface area contributed by atoms with Gasteiger partial charge in [-0.05, 0) is 37.5 Å². The van der Waals surface area contributed by atoms with Gasteiger partial charge in [0.25, 0.3) is 0 Å². The molecule has 6 nitrogen and oxygen atoms in total. The molecule has 0 bridgehead atoms. The summed E-state index contributed by atoms with van der Waals surface area (Å²) in [6.45, 7) is 2.08. The van der Waals surface area contributed by atoms with Crippen molar-refractivity contribution in [2.24, 2.45) is 0 Å². The van der Waals surface area contributed by atoms with Gasteiger partial charge in [0.2, 0.25) is 5.91 Å². The molecule has 28 heavy (non-hydrogen) atoms. The van der Waals surface area contributed by atoms with Gasteiger partial charge in [0.1, 0.15) is 5.54 Å². The first-order valence-electron chi connectivity index (χ1n) is 8.80. The van der Waals surface area contributed by atoms with Crippen LogP contribution in [0, 0.1) is 0 Å². The second-order valence-corrected chi connectivity index (χ2v) is 6.51. The summed E-state index contributed by atoms with van der Waals surface area (Å²) in [5.74, 6) is -0.741. The molecule has 0 heterocycles. The third kappa shape index (κ3) is 7.28. The van der Waals surface area contributed by atoms with E-state index in [1.807, 2.05) is 6.92 Å². The van der Waals surface area contributed by atoms with Gasteiger partial charge in [-0.3, -0.25) is 4.79 Å². The standard InChI is InChI=1S/C19H26F3NO5/c1-5-10-18(2,17(25)27-4)23-16(24)9-7-13-6-8-14(15(11-13)26-3)28-12-19(20,21)22/h6,8,11H,5,7,9-10,12H2,1-4H3,(H,23,24). The van der Waals surface area contributed by atoms with Crippen molar-refractivity contribution in [2.75, 3.05) is 20.8 Å². The Morgan fingerprint density at radius 2 is 1.82 bits per heavy atom. The smallest absolute Gasteiger partial charge is 0.422 e. The van der Waals surface area contributed by atoms with Crippen LogP contribution in [0.3, 0.4) is 0 Å². The number of ether oxygens (including phenoxy) is 3. The highest BCUT2D eigenvalue weighted by molar-refractivity contribution is 5.87. The number of carbonyl (C=O) groups excluding carboxylic acids is 2. The molecule has 158 valence electrons. The maximum Gasteiger partial charge on any atom is 0.422 e. The minimum absolute atomic E-state index is 0.0331. The Hall–Kier alpha value is -2.45. The number of amides is 1. The molecule has 0 aliphatic carbocycles. The quantitative estimate of drug-likeness (QED) is 0.604. The van der Waals surface area contributed by atoms with Crippen LogP contribution in [0.4, 0.5) is 13.2 Å². The monoisotopic (exact) mass is 405 g/mol. The number of benzene rings is 1. The first-order chi connectivity index (χ1) is 13.0. The zero-order valence-electron chi connectivity index (χ0n) is 16.4. The fourth-order valence-corrected chi connectivity index (χ4v) is 2.72. The van der Waals surface area contributed by atoms with Gasteiger partial charge in [0.05, 0.1) is 14.2 Å². The van der Waals surface area contributed by atoms with Gasteiger partial charge in [-0.15, -0.1) is 0 Å². The largest absolute Gasteiger partial charge is 0.493 e. The second-order valence-electron chi connectivity index (χ2n) is 6.51. The average molecular weight is 405 g/mol. The van der Waals surface area contributed by atoms with Crippen molar-refractivity contribution in [3.05, 3.63) is 23.8 Å². The summed E-state index contributed by atoms with van der Waals surface area (Å²) in [5.41, 5.74) is -0.422. The molecular formula is C19H26F3NO5. The van der Waals surface area contributed by atoms with Crippen molar-refractivity contribution in [3.8, 4) is 11.5 Å². The molecule has 0 aliphatic rings. The van der Waals surface area contributed by atoms with Gasteiger partial charge < -0.3 is 19.5 Å². The Bertz CT molecular complexity index is 678. The van der Waals surface area contributed by atoms with Crippen molar-refractivity contribution in [2.45, 2.75) is 51.2 Å².